The summed E-state index contributed by atoms with van der Waals surface area (Å²) in [7, 11) is 1.55. The van der Waals surface area contributed by atoms with Crippen molar-refractivity contribution in [2.24, 2.45) is 5.92 Å². The zero-order valence-corrected chi connectivity index (χ0v) is 8.55. The quantitative estimate of drug-likeness (QED) is 0.664. The Morgan fingerprint density at radius 1 is 1.42 bits per heavy atom. The molecule has 1 saturated carbocycles. The van der Waals surface area contributed by atoms with Crippen molar-refractivity contribution in [1.29, 1.82) is 0 Å². The highest BCUT2D eigenvalue weighted by atomic mass is 16.6. The monoisotopic (exact) mass is 174 g/mol. The summed E-state index contributed by atoms with van der Waals surface area (Å²) in [6, 6.07) is 0. The number of methoxy groups -OCH3 is 1. The van der Waals surface area contributed by atoms with Crippen LogP contribution in [0, 0.1) is 5.92 Å². The van der Waals surface area contributed by atoms with Gasteiger partial charge in [-0.3, -0.25) is 0 Å². The van der Waals surface area contributed by atoms with Crippen LogP contribution in [0.25, 0.3) is 0 Å². The summed E-state index contributed by atoms with van der Waals surface area (Å²) < 4.78 is 4.72. The second-order valence-electron chi connectivity index (χ2n) is 3.06. The molecule has 0 saturated heterocycles. The first-order chi connectivity index (χ1) is 5.83. The van der Waals surface area contributed by atoms with Gasteiger partial charge in [0.05, 0.1) is 0 Å². The molecule has 0 aliphatic heterocycles. The van der Waals surface area contributed by atoms with Gasteiger partial charge in [-0.2, -0.15) is 0 Å². The topological polar surface area (TPSA) is 29.5 Å². The molecule has 12 heavy (non-hydrogen) atoms. The fourth-order valence-corrected chi connectivity index (χ4v) is 1.28. The maximum Gasteiger partial charge on any atom is 0.154 e. The summed E-state index contributed by atoms with van der Waals surface area (Å²) in [5.74, 6) is 0.879. The molecule has 1 atom stereocenters. The van der Waals surface area contributed by atoms with Gasteiger partial charge in [0.25, 0.3) is 0 Å². The average molecular weight is 174 g/mol. The van der Waals surface area contributed by atoms with Crippen molar-refractivity contribution in [3.05, 3.63) is 0 Å². The first-order valence-electron chi connectivity index (χ1n) is 5.04. The smallest absolute Gasteiger partial charge is 0.154 e. The minimum Gasteiger partial charge on any atom is -0.368 e. The Labute approximate surface area is 75.9 Å². The molecule has 1 fully saturated rings. The molecule has 1 aliphatic carbocycles. The first-order valence-corrected chi connectivity index (χ1v) is 5.04. The predicted octanol–water partition coefficient (Wildman–Crippen LogP) is 2.56. The van der Waals surface area contributed by atoms with Crippen LogP contribution in [0.15, 0.2) is 0 Å². The predicted molar refractivity (Wildman–Crippen MR) is 50.9 cm³/mol. The van der Waals surface area contributed by atoms with E-state index in [0.29, 0.717) is 0 Å². The van der Waals surface area contributed by atoms with E-state index >= 15 is 0 Å². The van der Waals surface area contributed by atoms with E-state index in [2.05, 4.69) is 0 Å². The molecular weight excluding hydrogens is 152 g/mol. The van der Waals surface area contributed by atoms with Gasteiger partial charge in [-0.15, -0.1) is 0 Å². The van der Waals surface area contributed by atoms with E-state index in [9.17, 15) is 0 Å². The van der Waals surface area contributed by atoms with Crippen LogP contribution in [-0.2, 0) is 4.74 Å². The lowest BCUT2D eigenvalue weighted by molar-refractivity contribution is -0.0825. The highest BCUT2D eigenvalue weighted by molar-refractivity contribution is 4.69. The first kappa shape index (κ1) is 11.9. The van der Waals surface area contributed by atoms with Gasteiger partial charge in [-0.25, -0.2) is 0 Å². The van der Waals surface area contributed by atoms with Crippen LogP contribution >= 0.6 is 0 Å². The summed E-state index contributed by atoms with van der Waals surface area (Å²) in [5, 5.41) is 9.00. The Kier molecular flexibility index (Phi) is 7.51. The summed E-state index contributed by atoms with van der Waals surface area (Å²) in [6.45, 7) is 4.00. The fraction of sp³-hybridized carbons (Fsp3) is 1.00. The normalized spacial score (nSPS) is 19.0. The third-order valence-electron chi connectivity index (χ3n) is 2.32. The zero-order valence-electron chi connectivity index (χ0n) is 8.55. The molecule has 0 aromatic carbocycles. The van der Waals surface area contributed by atoms with E-state index < -0.39 is 6.29 Å². The summed E-state index contributed by atoms with van der Waals surface area (Å²) in [5.41, 5.74) is 0. The average Bonchev–Trinajstić information content (AvgIpc) is 2.05. The van der Waals surface area contributed by atoms with E-state index in [0.717, 1.165) is 18.8 Å². The molecule has 1 unspecified atom stereocenters. The van der Waals surface area contributed by atoms with Crippen molar-refractivity contribution in [1.82, 2.24) is 0 Å². The van der Waals surface area contributed by atoms with Gasteiger partial charge in [0, 0.05) is 7.11 Å². The summed E-state index contributed by atoms with van der Waals surface area (Å²) in [6.07, 6.45) is 5.51. The maximum atomic E-state index is 9.00. The molecule has 2 nitrogen and oxygen atoms in total. The summed E-state index contributed by atoms with van der Waals surface area (Å²) in [4.78, 5) is 0. The van der Waals surface area contributed by atoms with Crippen molar-refractivity contribution in [3.63, 3.8) is 0 Å². The van der Waals surface area contributed by atoms with Gasteiger partial charge in [0.1, 0.15) is 0 Å². The third kappa shape index (κ3) is 4.73. The second-order valence-corrected chi connectivity index (χ2v) is 3.06. The molecule has 0 aromatic heterocycles. The number of ether oxygens (including phenoxy) is 1. The van der Waals surface area contributed by atoms with Crippen molar-refractivity contribution in [2.75, 3.05) is 7.11 Å². The molecular formula is C10H22O2. The third-order valence-corrected chi connectivity index (χ3v) is 2.32. The van der Waals surface area contributed by atoms with Crippen molar-refractivity contribution in [3.8, 4) is 0 Å². The Morgan fingerprint density at radius 3 is 2.33 bits per heavy atom. The minimum atomic E-state index is -0.527. The maximum absolute atomic E-state index is 9.00. The van der Waals surface area contributed by atoms with E-state index in [1.807, 2.05) is 13.8 Å². The number of aliphatic hydroxyl groups excluding tert-OH is 1. The van der Waals surface area contributed by atoms with Crippen LogP contribution in [0.2, 0.25) is 0 Å². The molecule has 2 heteroatoms. The molecule has 74 valence electrons. The molecule has 0 spiro atoms. The highest BCUT2D eigenvalue weighted by Gasteiger charge is 2.17. The summed E-state index contributed by atoms with van der Waals surface area (Å²) >= 11 is 0. The van der Waals surface area contributed by atoms with Crippen LogP contribution in [0.1, 0.15) is 46.0 Å². The van der Waals surface area contributed by atoms with Gasteiger partial charge in [-0.05, 0) is 18.8 Å². The molecule has 0 aromatic rings. The van der Waals surface area contributed by atoms with Gasteiger partial charge >= 0.3 is 0 Å². The minimum absolute atomic E-state index is 0.527. The number of hydrogen-bond acceptors (Lipinski definition) is 2. The van der Waals surface area contributed by atoms with Crippen LogP contribution < -0.4 is 0 Å². The van der Waals surface area contributed by atoms with Crippen LogP contribution in [0.3, 0.4) is 0 Å². The molecule has 0 heterocycles. The van der Waals surface area contributed by atoms with E-state index in [1.54, 1.807) is 7.11 Å². The Bertz CT molecular complexity index is 85.1. The molecule has 0 radical (unpaired) electrons. The molecule has 1 rings (SSSR count). The van der Waals surface area contributed by atoms with E-state index in [1.165, 1.54) is 19.3 Å². The zero-order chi connectivity index (χ0) is 9.40. The number of rotatable bonds is 4. The SMILES string of the molecule is CC.COC(O)CCC1CCC1. The van der Waals surface area contributed by atoms with Gasteiger partial charge in [-0.1, -0.05) is 33.1 Å². The second kappa shape index (κ2) is 7.56. The van der Waals surface area contributed by atoms with Crippen molar-refractivity contribution >= 4 is 0 Å². The van der Waals surface area contributed by atoms with Crippen LogP contribution in [0.5, 0.6) is 0 Å². The van der Waals surface area contributed by atoms with Crippen LogP contribution in [-0.4, -0.2) is 18.5 Å². The molecule has 0 amide bonds. The van der Waals surface area contributed by atoms with Crippen molar-refractivity contribution in [2.45, 2.75) is 52.2 Å². The fourth-order valence-electron chi connectivity index (χ4n) is 1.28. The molecule has 1 aliphatic rings. The van der Waals surface area contributed by atoms with Crippen molar-refractivity contribution < 1.29 is 9.84 Å². The molecule has 0 bridgehead atoms. The lowest BCUT2D eigenvalue weighted by Gasteiger charge is -2.25. The number of hydrogen-bond donors (Lipinski definition) is 1. The number of aliphatic hydroxyl groups is 1. The highest BCUT2D eigenvalue weighted by Crippen LogP contribution is 2.30. The van der Waals surface area contributed by atoms with E-state index in [4.69, 9.17) is 9.84 Å². The largest absolute Gasteiger partial charge is 0.368 e. The lowest BCUT2D eigenvalue weighted by atomic mass is 9.82. The van der Waals surface area contributed by atoms with E-state index in [-0.39, 0.29) is 0 Å². The Hall–Kier alpha value is -0.0800. The lowest BCUT2D eigenvalue weighted by Crippen LogP contribution is -2.15. The van der Waals surface area contributed by atoms with Gasteiger partial charge < -0.3 is 9.84 Å². The Morgan fingerprint density at radius 2 is 2.00 bits per heavy atom. The van der Waals surface area contributed by atoms with Gasteiger partial charge in [0.2, 0.25) is 0 Å². The van der Waals surface area contributed by atoms with Gasteiger partial charge in [0.15, 0.2) is 6.29 Å². The standard InChI is InChI=1S/C8H16O2.C2H6/c1-10-8(9)6-5-7-3-2-4-7;1-2/h7-9H,2-6H2,1H3;1-2H3. The Balaban J connectivity index is 0.000000561. The van der Waals surface area contributed by atoms with Crippen LogP contribution in [0.4, 0.5) is 0 Å². The molecule has 1 N–H and O–H groups in total.